The summed E-state index contributed by atoms with van der Waals surface area (Å²) in [6.07, 6.45) is 3.46. The maximum atomic E-state index is 12.2. The average Bonchev–Trinajstić information content (AvgIpc) is 3.16. The zero-order valence-electron chi connectivity index (χ0n) is 14.8. The molecule has 146 valence electrons. The molecule has 6 nitrogen and oxygen atoms in total. The molecule has 3 rings (SSSR count). The molecule has 0 saturated carbocycles. The highest BCUT2D eigenvalue weighted by atomic mass is 32.2. The molecular formula is C19H17F2N3O3S. The zero-order chi connectivity index (χ0) is 19.9. The standard InChI is InChI=1S/C19H17F2N3O3S/c1-26-16-4-2-3-14(11-16)24-10-9-22-19(24)28-12-17(25)23-13-5-7-15(8-6-13)27-18(20)21/h2-11,18H,12H2,1H3,(H,23,25). The minimum atomic E-state index is -2.88. The van der Waals surface area contributed by atoms with E-state index in [1.165, 1.54) is 36.0 Å². The summed E-state index contributed by atoms with van der Waals surface area (Å²) in [5, 5.41) is 3.36. The predicted molar refractivity (Wildman–Crippen MR) is 103 cm³/mol. The predicted octanol–water partition coefficient (Wildman–Crippen LogP) is 4.21. The number of methoxy groups -OCH3 is 1. The van der Waals surface area contributed by atoms with E-state index in [1.807, 2.05) is 28.8 Å². The Balaban J connectivity index is 1.59. The Kier molecular flexibility index (Phi) is 6.49. The number of rotatable bonds is 8. The molecule has 1 heterocycles. The Bertz CT molecular complexity index is 932. The van der Waals surface area contributed by atoms with E-state index in [2.05, 4.69) is 15.0 Å². The number of hydrogen-bond acceptors (Lipinski definition) is 5. The molecule has 0 unspecified atom stereocenters. The van der Waals surface area contributed by atoms with Crippen LogP contribution in [-0.2, 0) is 4.79 Å². The van der Waals surface area contributed by atoms with E-state index in [-0.39, 0.29) is 17.4 Å². The molecule has 1 amide bonds. The lowest BCUT2D eigenvalue weighted by Gasteiger charge is -2.10. The molecule has 0 radical (unpaired) electrons. The van der Waals surface area contributed by atoms with Crippen LogP contribution in [0.5, 0.6) is 11.5 Å². The second kappa shape index (κ2) is 9.23. The third kappa shape index (κ3) is 5.23. The lowest BCUT2D eigenvalue weighted by molar-refractivity contribution is -0.113. The van der Waals surface area contributed by atoms with Crippen molar-refractivity contribution in [3.8, 4) is 17.2 Å². The number of alkyl halides is 2. The number of nitrogens with zero attached hydrogens (tertiary/aromatic N) is 2. The maximum Gasteiger partial charge on any atom is 0.387 e. The van der Waals surface area contributed by atoms with Crippen molar-refractivity contribution in [1.82, 2.24) is 9.55 Å². The first kappa shape index (κ1) is 19.7. The van der Waals surface area contributed by atoms with E-state index >= 15 is 0 Å². The van der Waals surface area contributed by atoms with Gasteiger partial charge < -0.3 is 14.8 Å². The van der Waals surface area contributed by atoms with Gasteiger partial charge in [0.15, 0.2) is 5.16 Å². The van der Waals surface area contributed by atoms with Crippen LogP contribution < -0.4 is 14.8 Å². The highest BCUT2D eigenvalue weighted by Crippen LogP contribution is 2.24. The molecule has 0 aliphatic heterocycles. The molecule has 1 N–H and O–H groups in total. The third-order valence-corrected chi connectivity index (χ3v) is 4.60. The van der Waals surface area contributed by atoms with Crippen LogP contribution in [0.3, 0.4) is 0 Å². The van der Waals surface area contributed by atoms with Gasteiger partial charge >= 0.3 is 6.61 Å². The van der Waals surface area contributed by atoms with Crippen molar-refractivity contribution < 1.29 is 23.0 Å². The van der Waals surface area contributed by atoms with E-state index in [9.17, 15) is 13.6 Å². The first-order chi connectivity index (χ1) is 13.5. The smallest absolute Gasteiger partial charge is 0.387 e. The Morgan fingerprint density at radius 2 is 2.00 bits per heavy atom. The number of imidazole rings is 1. The summed E-state index contributed by atoms with van der Waals surface area (Å²) >= 11 is 1.28. The first-order valence-corrected chi connectivity index (χ1v) is 9.19. The third-order valence-electron chi connectivity index (χ3n) is 3.63. The van der Waals surface area contributed by atoms with Crippen LogP contribution in [0.25, 0.3) is 5.69 Å². The molecule has 2 aromatic carbocycles. The maximum absolute atomic E-state index is 12.2. The topological polar surface area (TPSA) is 65.4 Å². The number of amides is 1. The molecule has 0 fully saturated rings. The van der Waals surface area contributed by atoms with Crippen molar-refractivity contribution in [2.45, 2.75) is 11.8 Å². The monoisotopic (exact) mass is 405 g/mol. The Morgan fingerprint density at radius 3 is 2.71 bits per heavy atom. The van der Waals surface area contributed by atoms with E-state index in [0.29, 0.717) is 10.8 Å². The molecule has 0 spiro atoms. The molecule has 0 saturated heterocycles. The van der Waals surface area contributed by atoms with Crippen molar-refractivity contribution >= 4 is 23.4 Å². The summed E-state index contributed by atoms with van der Waals surface area (Å²) in [6, 6.07) is 13.2. The van der Waals surface area contributed by atoms with Crippen LogP contribution in [0, 0.1) is 0 Å². The highest BCUT2D eigenvalue weighted by Gasteiger charge is 2.10. The van der Waals surface area contributed by atoms with Gasteiger partial charge in [-0.25, -0.2) is 4.98 Å². The summed E-state index contributed by atoms with van der Waals surface area (Å²) in [6.45, 7) is -2.88. The number of hydrogen-bond donors (Lipinski definition) is 1. The van der Waals surface area contributed by atoms with Crippen molar-refractivity contribution in [3.05, 3.63) is 60.9 Å². The van der Waals surface area contributed by atoms with Gasteiger partial charge in [-0.3, -0.25) is 9.36 Å². The van der Waals surface area contributed by atoms with Gasteiger partial charge in [-0.2, -0.15) is 8.78 Å². The number of anilines is 1. The van der Waals surface area contributed by atoms with Gasteiger partial charge in [0.2, 0.25) is 5.91 Å². The minimum Gasteiger partial charge on any atom is -0.497 e. The summed E-state index contributed by atoms with van der Waals surface area (Å²) in [4.78, 5) is 16.5. The number of halogens is 2. The fourth-order valence-electron chi connectivity index (χ4n) is 2.40. The number of benzene rings is 2. The first-order valence-electron chi connectivity index (χ1n) is 8.20. The van der Waals surface area contributed by atoms with Crippen molar-refractivity contribution in [3.63, 3.8) is 0 Å². The van der Waals surface area contributed by atoms with Crippen LogP contribution in [0.1, 0.15) is 0 Å². The van der Waals surface area contributed by atoms with E-state index in [4.69, 9.17) is 4.74 Å². The highest BCUT2D eigenvalue weighted by molar-refractivity contribution is 7.99. The fraction of sp³-hybridized carbons (Fsp3) is 0.158. The molecule has 0 bridgehead atoms. The van der Waals surface area contributed by atoms with Gasteiger partial charge in [0, 0.05) is 24.1 Å². The SMILES string of the molecule is COc1cccc(-n2ccnc2SCC(=O)Nc2ccc(OC(F)F)cc2)c1. The summed E-state index contributed by atoms with van der Waals surface area (Å²) in [7, 11) is 1.60. The van der Waals surface area contributed by atoms with E-state index < -0.39 is 6.61 Å². The Hall–Kier alpha value is -3.07. The average molecular weight is 405 g/mol. The lowest BCUT2D eigenvalue weighted by atomic mass is 10.3. The molecule has 0 atom stereocenters. The fourth-order valence-corrected chi connectivity index (χ4v) is 3.17. The Labute approximate surface area is 164 Å². The van der Waals surface area contributed by atoms with E-state index in [1.54, 1.807) is 19.5 Å². The van der Waals surface area contributed by atoms with Gasteiger partial charge in [0.25, 0.3) is 0 Å². The number of thioether (sulfide) groups is 1. The summed E-state index contributed by atoms with van der Waals surface area (Å²) in [5.41, 5.74) is 1.36. The van der Waals surface area contributed by atoms with Crippen LogP contribution in [0.4, 0.5) is 14.5 Å². The summed E-state index contributed by atoms with van der Waals surface area (Å²) < 4.78 is 35.7. The van der Waals surface area contributed by atoms with Gasteiger partial charge in [-0.15, -0.1) is 0 Å². The largest absolute Gasteiger partial charge is 0.497 e. The van der Waals surface area contributed by atoms with Gasteiger partial charge in [0.05, 0.1) is 18.6 Å². The second-order valence-corrected chi connectivity index (χ2v) is 6.46. The van der Waals surface area contributed by atoms with Crippen LogP contribution in [0.15, 0.2) is 66.1 Å². The van der Waals surface area contributed by atoms with E-state index in [0.717, 1.165) is 11.4 Å². The molecule has 0 aliphatic rings. The van der Waals surface area contributed by atoms with Crippen LogP contribution in [-0.4, -0.2) is 34.9 Å². The molecule has 1 aromatic heterocycles. The van der Waals surface area contributed by atoms with Gasteiger partial charge in [-0.05, 0) is 36.4 Å². The minimum absolute atomic E-state index is 0.0303. The number of nitrogens with one attached hydrogen (secondary N) is 1. The summed E-state index contributed by atoms with van der Waals surface area (Å²) in [5.74, 6) is 0.644. The number of carbonyl (C=O) groups excluding carboxylic acids is 1. The van der Waals surface area contributed by atoms with Gasteiger partial charge in [0.1, 0.15) is 11.5 Å². The number of aromatic nitrogens is 2. The lowest BCUT2D eigenvalue weighted by Crippen LogP contribution is -2.14. The van der Waals surface area contributed by atoms with Gasteiger partial charge in [-0.1, -0.05) is 17.8 Å². The Morgan fingerprint density at radius 1 is 1.21 bits per heavy atom. The van der Waals surface area contributed by atoms with Crippen molar-refractivity contribution in [2.24, 2.45) is 0 Å². The van der Waals surface area contributed by atoms with Crippen molar-refractivity contribution in [2.75, 3.05) is 18.2 Å². The van der Waals surface area contributed by atoms with Crippen LogP contribution >= 0.6 is 11.8 Å². The second-order valence-electron chi connectivity index (χ2n) is 5.52. The molecule has 9 heteroatoms. The molecule has 0 aliphatic carbocycles. The zero-order valence-corrected chi connectivity index (χ0v) is 15.7. The van der Waals surface area contributed by atoms with Crippen LogP contribution in [0.2, 0.25) is 0 Å². The molecular weight excluding hydrogens is 388 g/mol. The molecule has 3 aromatic rings. The van der Waals surface area contributed by atoms with Crippen molar-refractivity contribution in [1.29, 1.82) is 0 Å². The quantitative estimate of drug-likeness (QED) is 0.569. The number of carbonyl (C=O) groups is 1. The normalized spacial score (nSPS) is 10.7. The number of ether oxygens (including phenoxy) is 2. The molecule has 28 heavy (non-hydrogen) atoms.